The second kappa shape index (κ2) is 7.97. The highest BCUT2D eigenvalue weighted by Crippen LogP contribution is 2.52. The molecule has 0 bridgehead atoms. The summed E-state index contributed by atoms with van der Waals surface area (Å²) in [5.74, 6) is -1.87. The van der Waals surface area contributed by atoms with Crippen LogP contribution in [0.3, 0.4) is 0 Å². The number of nitrogens with zero attached hydrogens (tertiary/aromatic N) is 1. The van der Waals surface area contributed by atoms with Gasteiger partial charge in [0.05, 0.1) is 11.4 Å². The Morgan fingerprint density at radius 2 is 1.94 bits per heavy atom. The Hall–Kier alpha value is -3.23. The lowest BCUT2D eigenvalue weighted by molar-refractivity contribution is -0.116. The van der Waals surface area contributed by atoms with Crippen molar-refractivity contribution in [2.45, 2.75) is 59.5 Å². The summed E-state index contributed by atoms with van der Waals surface area (Å²) in [6, 6.07) is 2.83. The highest BCUT2D eigenvalue weighted by atomic mass is 19.3. The van der Waals surface area contributed by atoms with Gasteiger partial charge < -0.3 is 19.7 Å². The van der Waals surface area contributed by atoms with Crippen molar-refractivity contribution in [2.24, 2.45) is 5.41 Å². The van der Waals surface area contributed by atoms with Crippen molar-refractivity contribution in [1.82, 2.24) is 4.98 Å². The van der Waals surface area contributed by atoms with Crippen LogP contribution in [0, 0.1) is 5.41 Å². The molecular formula is C24H26F2N2O5. The maximum Gasteiger partial charge on any atom is 0.387 e. The number of H-pyrrole nitrogens is 1. The summed E-state index contributed by atoms with van der Waals surface area (Å²) >= 11 is 0. The molecule has 176 valence electrons. The van der Waals surface area contributed by atoms with Crippen LogP contribution < -0.4 is 15.2 Å². The number of ether oxygens (including phenoxy) is 1. The number of nitrogens with one attached hydrogen (secondary N) is 1. The van der Waals surface area contributed by atoms with Crippen molar-refractivity contribution in [2.75, 3.05) is 11.4 Å². The maximum atomic E-state index is 13.3. The number of halogens is 2. The van der Waals surface area contributed by atoms with Crippen LogP contribution in [0.1, 0.15) is 67.1 Å². The molecule has 0 saturated carbocycles. The molecule has 1 atom stereocenters. The van der Waals surface area contributed by atoms with Crippen LogP contribution in [0.4, 0.5) is 14.5 Å². The SMILES string of the molecule is CC(=O)N1CCCc2c3c(cc(OC(F)F)c21)-c1[nH]c(=O)c(C(=O)O)cc1C(C(C)(C)C)C3. The van der Waals surface area contributed by atoms with E-state index in [-0.39, 0.29) is 28.6 Å². The number of benzene rings is 1. The van der Waals surface area contributed by atoms with Crippen LogP contribution in [0.25, 0.3) is 11.3 Å². The van der Waals surface area contributed by atoms with E-state index in [4.69, 9.17) is 4.74 Å². The fraction of sp³-hybridized carbons (Fsp3) is 0.458. The van der Waals surface area contributed by atoms with Crippen molar-refractivity contribution in [3.8, 4) is 17.0 Å². The number of aromatic nitrogens is 1. The Kier molecular flexibility index (Phi) is 5.54. The molecule has 2 aliphatic rings. The van der Waals surface area contributed by atoms with E-state index in [2.05, 4.69) is 4.98 Å². The number of carboxylic acids is 1. The molecule has 1 aliphatic heterocycles. The number of rotatable bonds is 3. The number of hydrogen-bond donors (Lipinski definition) is 2. The summed E-state index contributed by atoms with van der Waals surface area (Å²) in [7, 11) is 0. The van der Waals surface area contributed by atoms with Crippen LogP contribution >= 0.6 is 0 Å². The zero-order valence-electron chi connectivity index (χ0n) is 18.9. The number of fused-ring (bicyclic) bond motifs is 5. The Morgan fingerprint density at radius 1 is 1.24 bits per heavy atom. The number of carbonyl (C=O) groups excluding carboxylic acids is 1. The quantitative estimate of drug-likeness (QED) is 0.711. The van der Waals surface area contributed by atoms with E-state index in [0.29, 0.717) is 48.3 Å². The molecule has 1 aliphatic carbocycles. The minimum absolute atomic E-state index is 0.128. The zero-order valence-corrected chi connectivity index (χ0v) is 18.9. The predicted octanol–water partition coefficient (Wildman–Crippen LogP) is 4.33. The van der Waals surface area contributed by atoms with Crippen molar-refractivity contribution in [3.63, 3.8) is 0 Å². The molecule has 1 aromatic heterocycles. The standard InChI is InChI=1S/C24H26F2N2O5/c1-11(29)28-7-5-6-12-13-9-17(24(2,3)4)15-8-16(22(31)32)21(30)27-19(15)14(13)10-18(20(12)28)33-23(25)26/h8,10,17,23H,5-7,9H2,1-4H3,(H,27,30)(H,31,32). The molecular weight excluding hydrogens is 434 g/mol. The molecule has 7 nitrogen and oxygen atoms in total. The largest absolute Gasteiger partial charge is 0.477 e. The van der Waals surface area contributed by atoms with Crippen molar-refractivity contribution < 1.29 is 28.2 Å². The van der Waals surface area contributed by atoms with Gasteiger partial charge in [-0.1, -0.05) is 20.8 Å². The van der Waals surface area contributed by atoms with Gasteiger partial charge >= 0.3 is 12.6 Å². The Labute approximate surface area is 189 Å². The summed E-state index contributed by atoms with van der Waals surface area (Å²) in [6.45, 7) is 4.78. The fourth-order valence-electron chi connectivity index (χ4n) is 5.08. The van der Waals surface area contributed by atoms with E-state index in [1.54, 1.807) is 0 Å². The number of amides is 1. The first kappa shape index (κ1) is 22.9. The molecule has 2 aromatic rings. The van der Waals surface area contributed by atoms with E-state index >= 15 is 0 Å². The first-order chi connectivity index (χ1) is 15.4. The number of carbonyl (C=O) groups is 2. The summed E-state index contributed by atoms with van der Waals surface area (Å²) in [4.78, 5) is 40.6. The number of alkyl halides is 2. The number of pyridine rings is 1. The number of hydrogen-bond acceptors (Lipinski definition) is 4. The summed E-state index contributed by atoms with van der Waals surface area (Å²) < 4.78 is 31.5. The van der Waals surface area contributed by atoms with Crippen molar-refractivity contribution >= 4 is 17.6 Å². The molecule has 0 fully saturated rings. The minimum atomic E-state index is -3.10. The molecule has 0 spiro atoms. The molecule has 33 heavy (non-hydrogen) atoms. The topological polar surface area (TPSA) is 99.7 Å². The summed E-state index contributed by atoms with van der Waals surface area (Å²) in [6.07, 6.45) is 1.75. The smallest absolute Gasteiger partial charge is 0.387 e. The molecule has 2 heterocycles. The maximum absolute atomic E-state index is 13.3. The average molecular weight is 460 g/mol. The van der Waals surface area contributed by atoms with Crippen LogP contribution in [0.5, 0.6) is 5.75 Å². The number of carboxylic acid groups (broad SMARTS) is 1. The van der Waals surface area contributed by atoms with Gasteiger partial charge in [-0.2, -0.15) is 8.78 Å². The van der Waals surface area contributed by atoms with Gasteiger partial charge in [0.15, 0.2) is 5.75 Å². The Balaban J connectivity index is 2.07. The van der Waals surface area contributed by atoms with Crippen LogP contribution in [0.2, 0.25) is 0 Å². The lowest BCUT2D eigenvalue weighted by Crippen LogP contribution is -2.36. The highest BCUT2D eigenvalue weighted by molar-refractivity contribution is 5.97. The van der Waals surface area contributed by atoms with E-state index in [0.717, 1.165) is 11.1 Å². The van der Waals surface area contributed by atoms with Crippen molar-refractivity contribution in [1.29, 1.82) is 0 Å². The van der Waals surface area contributed by atoms with Crippen LogP contribution in [0.15, 0.2) is 16.9 Å². The van der Waals surface area contributed by atoms with Gasteiger partial charge in [-0.25, -0.2) is 4.79 Å². The second-order valence-corrected chi connectivity index (χ2v) is 9.65. The number of aromatic amines is 1. The van der Waals surface area contributed by atoms with E-state index < -0.39 is 18.1 Å². The number of aromatic carboxylic acids is 1. The van der Waals surface area contributed by atoms with Gasteiger partial charge in [-0.3, -0.25) is 9.59 Å². The molecule has 1 aromatic carbocycles. The van der Waals surface area contributed by atoms with Crippen molar-refractivity contribution in [3.05, 3.63) is 44.7 Å². The predicted molar refractivity (Wildman–Crippen MR) is 118 cm³/mol. The summed E-state index contributed by atoms with van der Waals surface area (Å²) in [5.41, 5.74) is 2.14. The van der Waals surface area contributed by atoms with Crippen LogP contribution in [-0.2, 0) is 17.6 Å². The number of anilines is 1. The first-order valence-corrected chi connectivity index (χ1v) is 10.8. The Bertz CT molecular complexity index is 1210. The monoisotopic (exact) mass is 460 g/mol. The minimum Gasteiger partial charge on any atom is -0.477 e. The first-order valence-electron chi connectivity index (χ1n) is 10.8. The zero-order chi connectivity index (χ0) is 24.2. The van der Waals surface area contributed by atoms with Gasteiger partial charge in [0.25, 0.3) is 5.56 Å². The second-order valence-electron chi connectivity index (χ2n) is 9.65. The van der Waals surface area contributed by atoms with E-state index in [1.165, 1.54) is 24.0 Å². The van der Waals surface area contributed by atoms with Gasteiger partial charge in [0.2, 0.25) is 5.91 Å². The fourth-order valence-corrected chi connectivity index (χ4v) is 5.08. The lowest BCUT2D eigenvalue weighted by atomic mass is 9.67. The molecule has 9 heteroatoms. The van der Waals surface area contributed by atoms with Gasteiger partial charge in [-0.15, -0.1) is 0 Å². The third-order valence-electron chi connectivity index (χ3n) is 6.56. The van der Waals surface area contributed by atoms with Gasteiger partial charge in [0, 0.05) is 19.0 Å². The van der Waals surface area contributed by atoms with Crippen LogP contribution in [-0.4, -0.2) is 35.1 Å². The summed E-state index contributed by atoms with van der Waals surface area (Å²) in [5, 5.41) is 9.47. The van der Waals surface area contributed by atoms with E-state index in [1.807, 2.05) is 20.8 Å². The normalized spacial score (nSPS) is 17.3. The average Bonchev–Trinajstić information content (AvgIpc) is 2.71. The molecule has 1 unspecified atom stereocenters. The molecule has 0 radical (unpaired) electrons. The van der Waals surface area contributed by atoms with Gasteiger partial charge in [-0.05, 0) is 59.4 Å². The van der Waals surface area contributed by atoms with Gasteiger partial charge in [0.1, 0.15) is 5.56 Å². The molecule has 1 amide bonds. The third kappa shape index (κ3) is 3.89. The third-order valence-corrected chi connectivity index (χ3v) is 6.56. The molecule has 0 saturated heterocycles. The van der Waals surface area contributed by atoms with E-state index in [9.17, 15) is 28.3 Å². The molecule has 2 N–H and O–H groups in total. The highest BCUT2D eigenvalue weighted by Gasteiger charge is 2.39. The molecule has 4 rings (SSSR count). The lowest BCUT2D eigenvalue weighted by Gasteiger charge is -2.40. The Morgan fingerprint density at radius 3 is 2.52 bits per heavy atom.